The van der Waals surface area contributed by atoms with Gasteiger partial charge in [-0.1, -0.05) is 58.8 Å². The molecular formula is C18H33IN2O. The maximum atomic E-state index is 5.52. The van der Waals surface area contributed by atoms with Crippen LogP contribution in [0.5, 0.6) is 5.75 Å². The van der Waals surface area contributed by atoms with Crippen molar-refractivity contribution in [1.82, 2.24) is 9.78 Å². The zero-order chi connectivity index (χ0) is 16.6. The van der Waals surface area contributed by atoms with Crippen molar-refractivity contribution in [2.24, 2.45) is 0 Å². The SMILES string of the molecule is CCCCCCCC(C)(CCCC)n1nc(I)c(OC)c1C. The van der Waals surface area contributed by atoms with Crippen LogP contribution in [0.2, 0.25) is 0 Å². The largest absolute Gasteiger partial charge is 0.492 e. The van der Waals surface area contributed by atoms with Gasteiger partial charge in [0.05, 0.1) is 18.3 Å². The van der Waals surface area contributed by atoms with Crippen molar-refractivity contribution in [3.8, 4) is 5.75 Å². The molecular weight excluding hydrogens is 387 g/mol. The van der Waals surface area contributed by atoms with Gasteiger partial charge in [-0.2, -0.15) is 5.10 Å². The Bertz CT molecular complexity index is 445. The first kappa shape index (κ1) is 19.8. The summed E-state index contributed by atoms with van der Waals surface area (Å²) in [6.45, 7) is 9.04. The van der Waals surface area contributed by atoms with E-state index in [1.807, 2.05) is 0 Å². The molecule has 0 saturated carbocycles. The minimum absolute atomic E-state index is 0.114. The zero-order valence-electron chi connectivity index (χ0n) is 15.0. The van der Waals surface area contributed by atoms with E-state index in [0.29, 0.717) is 0 Å². The fourth-order valence-electron chi connectivity index (χ4n) is 3.21. The van der Waals surface area contributed by atoms with E-state index in [0.717, 1.165) is 9.45 Å². The first-order valence-electron chi connectivity index (χ1n) is 8.79. The Balaban J connectivity index is 2.86. The summed E-state index contributed by atoms with van der Waals surface area (Å²) in [7, 11) is 1.74. The van der Waals surface area contributed by atoms with Gasteiger partial charge >= 0.3 is 0 Å². The maximum Gasteiger partial charge on any atom is 0.173 e. The summed E-state index contributed by atoms with van der Waals surface area (Å²) in [6, 6.07) is 0. The number of hydrogen-bond donors (Lipinski definition) is 0. The fourth-order valence-corrected chi connectivity index (χ4v) is 4.04. The molecule has 1 atom stereocenters. The van der Waals surface area contributed by atoms with E-state index in [9.17, 15) is 0 Å². The van der Waals surface area contributed by atoms with Gasteiger partial charge in [0.25, 0.3) is 0 Å². The third-order valence-corrected chi connectivity index (χ3v) is 5.33. The molecule has 0 spiro atoms. The van der Waals surface area contributed by atoms with Crippen LogP contribution in [0.4, 0.5) is 0 Å². The molecule has 1 unspecified atom stereocenters. The van der Waals surface area contributed by atoms with Crippen LogP contribution >= 0.6 is 22.6 Å². The number of nitrogens with zero attached hydrogens (tertiary/aromatic N) is 2. The lowest BCUT2D eigenvalue weighted by atomic mass is 9.88. The minimum Gasteiger partial charge on any atom is -0.492 e. The van der Waals surface area contributed by atoms with Gasteiger partial charge in [0.1, 0.15) is 0 Å². The average Bonchev–Trinajstić information content (AvgIpc) is 2.80. The van der Waals surface area contributed by atoms with Crippen molar-refractivity contribution < 1.29 is 4.74 Å². The second kappa shape index (κ2) is 9.78. The molecule has 1 aromatic rings. The Kier molecular flexibility index (Phi) is 8.80. The molecule has 0 radical (unpaired) electrons. The van der Waals surface area contributed by atoms with Crippen LogP contribution in [0.1, 0.15) is 84.3 Å². The van der Waals surface area contributed by atoms with E-state index in [-0.39, 0.29) is 5.54 Å². The first-order valence-corrected chi connectivity index (χ1v) is 9.87. The summed E-state index contributed by atoms with van der Waals surface area (Å²) in [5, 5.41) is 4.80. The average molecular weight is 420 g/mol. The molecule has 22 heavy (non-hydrogen) atoms. The Labute approximate surface area is 150 Å². The third-order valence-electron chi connectivity index (χ3n) is 4.62. The third kappa shape index (κ3) is 5.14. The number of unbranched alkanes of at least 4 members (excludes halogenated alkanes) is 5. The molecule has 0 N–H and O–H groups in total. The highest BCUT2D eigenvalue weighted by atomic mass is 127. The van der Waals surface area contributed by atoms with E-state index in [1.165, 1.54) is 63.5 Å². The van der Waals surface area contributed by atoms with Gasteiger partial charge in [0, 0.05) is 0 Å². The van der Waals surface area contributed by atoms with Gasteiger partial charge < -0.3 is 4.74 Å². The molecule has 4 heteroatoms. The summed E-state index contributed by atoms with van der Waals surface area (Å²) in [4.78, 5) is 0. The van der Waals surface area contributed by atoms with Crippen molar-refractivity contribution in [2.75, 3.05) is 7.11 Å². The van der Waals surface area contributed by atoms with E-state index in [2.05, 4.69) is 55.0 Å². The number of halogens is 1. The van der Waals surface area contributed by atoms with Crippen LogP contribution in [0.3, 0.4) is 0 Å². The number of hydrogen-bond acceptors (Lipinski definition) is 2. The lowest BCUT2D eigenvalue weighted by Gasteiger charge is -2.32. The highest BCUT2D eigenvalue weighted by molar-refractivity contribution is 14.1. The quantitative estimate of drug-likeness (QED) is 0.321. The standard InChI is InChI=1S/C18H33IN2O/c1-6-8-10-11-12-14-18(4,13-9-7-2)21-15(3)16(22-5)17(19)20-21/h6-14H2,1-5H3. The molecule has 0 aromatic carbocycles. The van der Waals surface area contributed by atoms with Crippen LogP contribution < -0.4 is 4.74 Å². The van der Waals surface area contributed by atoms with E-state index in [1.54, 1.807) is 7.11 Å². The molecule has 1 heterocycles. The van der Waals surface area contributed by atoms with Crippen molar-refractivity contribution in [1.29, 1.82) is 0 Å². The predicted octanol–water partition coefficient (Wildman–Crippen LogP) is 6.07. The number of aromatic nitrogens is 2. The lowest BCUT2D eigenvalue weighted by Crippen LogP contribution is -2.32. The molecule has 0 bridgehead atoms. The summed E-state index contributed by atoms with van der Waals surface area (Å²) in [6.07, 6.45) is 11.5. The molecule has 1 aromatic heterocycles. The summed E-state index contributed by atoms with van der Waals surface area (Å²) in [5.41, 5.74) is 1.28. The fraction of sp³-hybridized carbons (Fsp3) is 0.833. The zero-order valence-corrected chi connectivity index (χ0v) is 17.2. The lowest BCUT2D eigenvalue weighted by molar-refractivity contribution is 0.223. The van der Waals surface area contributed by atoms with Crippen molar-refractivity contribution in [3.63, 3.8) is 0 Å². The van der Waals surface area contributed by atoms with Gasteiger partial charge in [0.2, 0.25) is 0 Å². The molecule has 0 fully saturated rings. The second-order valence-corrected chi connectivity index (χ2v) is 7.61. The molecule has 0 aliphatic carbocycles. The van der Waals surface area contributed by atoms with Crippen LogP contribution in [0.25, 0.3) is 0 Å². The molecule has 3 nitrogen and oxygen atoms in total. The Morgan fingerprint density at radius 3 is 2.18 bits per heavy atom. The monoisotopic (exact) mass is 420 g/mol. The normalized spacial score (nSPS) is 14.1. The minimum atomic E-state index is 0.114. The molecule has 0 saturated heterocycles. The second-order valence-electron chi connectivity index (χ2n) is 6.59. The van der Waals surface area contributed by atoms with E-state index >= 15 is 0 Å². The van der Waals surface area contributed by atoms with Crippen LogP contribution in [0, 0.1) is 10.6 Å². The van der Waals surface area contributed by atoms with Crippen molar-refractivity contribution in [2.45, 2.75) is 91.0 Å². The summed E-state index contributed by atoms with van der Waals surface area (Å²) < 4.78 is 8.74. The molecule has 0 amide bonds. The van der Waals surface area contributed by atoms with Gasteiger partial charge in [0.15, 0.2) is 9.45 Å². The molecule has 1 rings (SSSR count). The summed E-state index contributed by atoms with van der Waals surface area (Å²) >= 11 is 2.28. The summed E-state index contributed by atoms with van der Waals surface area (Å²) in [5.74, 6) is 0.939. The smallest absolute Gasteiger partial charge is 0.173 e. The number of methoxy groups -OCH3 is 1. The van der Waals surface area contributed by atoms with Crippen molar-refractivity contribution in [3.05, 3.63) is 9.39 Å². The molecule has 0 aliphatic heterocycles. The van der Waals surface area contributed by atoms with Gasteiger partial charge in [-0.3, -0.25) is 4.68 Å². The molecule has 0 aliphatic rings. The number of rotatable bonds is 11. The maximum absolute atomic E-state index is 5.52. The van der Waals surface area contributed by atoms with Gasteiger partial charge in [-0.05, 0) is 49.3 Å². The first-order chi connectivity index (χ1) is 10.5. The van der Waals surface area contributed by atoms with Crippen LogP contribution in [-0.2, 0) is 5.54 Å². The van der Waals surface area contributed by atoms with Gasteiger partial charge in [-0.25, -0.2) is 0 Å². The van der Waals surface area contributed by atoms with E-state index < -0.39 is 0 Å². The highest BCUT2D eigenvalue weighted by Gasteiger charge is 2.30. The van der Waals surface area contributed by atoms with Crippen LogP contribution in [-0.4, -0.2) is 16.9 Å². The van der Waals surface area contributed by atoms with Gasteiger partial charge in [-0.15, -0.1) is 0 Å². The predicted molar refractivity (Wildman–Crippen MR) is 103 cm³/mol. The van der Waals surface area contributed by atoms with Crippen LogP contribution in [0.15, 0.2) is 0 Å². The highest BCUT2D eigenvalue weighted by Crippen LogP contribution is 2.35. The Morgan fingerprint density at radius 1 is 1.05 bits per heavy atom. The van der Waals surface area contributed by atoms with E-state index in [4.69, 9.17) is 9.84 Å². The van der Waals surface area contributed by atoms with Crippen molar-refractivity contribution >= 4 is 22.6 Å². The topological polar surface area (TPSA) is 27.1 Å². The number of ether oxygens (including phenoxy) is 1. The Hall–Kier alpha value is -0.260. The Morgan fingerprint density at radius 2 is 1.64 bits per heavy atom. The molecule has 128 valence electrons.